The van der Waals surface area contributed by atoms with Crippen LogP contribution in [0.15, 0.2) is 27.6 Å². The van der Waals surface area contributed by atoms with E-state index in [-0.39, 0.29) is 5.91 Å². The third kappa shape index (κ3) is 4.24. The molecule has 1 saturated carbocycles. The van der Waals surface area contributed by atoms with Crippen LogP contribution in [0.1, 0.15) is 19.3 Å². The third-order valence-electron chi connectivity index (χ3n) is 2.50. The Balaban J connectivity index is 1.76. The van der Waals surface area contributed by atoms with Crippen molar-refractivity contribution >= 4 is 39.3 Å². The van der Waals surface area contributed by atoms with Crippen LogP contribution in [0.25, 0.3) is 0 Å². The SMILES string of the molecule is Nc1ccc(Br)cc1SCCC(=O)NC1CC1. The molecule has 0 unspecified atom stereocenters. The number of rotatable bonds is 5. The Morgan fingerprint density at radius 2 is 2.29 bits per heavy atom. The number of hydrogen-bond donors (Lipinski definition) is 2. The first kappa shape index (κ1) is 12.8. The standard InChI is InChI=1S/C12H15BrN2OS/c13-8-1-4-10(14)11(7-8)17-6-5-12(16)15-9-2-3-9/h1,4,7,9H,2-3,5-6,14H2,(H,15,16). The maximum Gasteiger partial charge on any atom is 0.221 e. The number of anilines is 1. The van der Waals surface area contributed by atoms with Crippen LogP contribution in [0.2, 0.25) is 0 Å². The first-order valence-electron chi connectivity index (χ1n) is 5.62. The summed E-state index contributed by atoms with van der Waals surface area (Å²) in [5.74, 6) is 0.910. The lowest BCUT2D eigenvalue weighted by atomic mass is 10.3. The Bertz CT molecular complexity index is 421. The molecule has 3 nitrogen and oxygen atoms in total. The third-order valence-corrected chi connectivity index (χ3v) is 4.07. The van der Waals surface area contributed by atoms with E-state index in [2.05, 4.69) is 21.2 Å². The van der Waals surface area contributed by atoms with Gasteiger partial charge >= 0.3 is 0 Å². The topological polar surface area (TPSA) is 55.1 Å². The second-order valence-corrected chi connectivity index (χ2v) is 6.17. The molecule has 92 valence electrons. The van der Waals surface area contributed by atoms with Gasteiger partial charge in [-0.2, -0.15) is 0 Å². The zero-order valence-corrected chi connectivity index (χ0v) is 11.8. The van der Waals surface area contributed by atoms with Crippen molar-refractivity contribution in [1.82, 2.24) is 5.32 Å². The van der Waals surface area contributed by atoms with Crippen molar-refractivity contribution < 1.29 is 4.79 Å². The molecule has 1 aromatic carbocycles. The fraction of sp³-hybridized carbons (Fsp3) is 0.417. The first-order chi connectivity index (χ1) is 8.15. The van der Waals surface area contributed by atoms with Gasteiger partial charge in [-0.1, -0.05) is 15.9 Å². The summed E-state index contributed by atoms with van der Waals surface area (Å²) < 4.78 is 1.01. The molecule has 5 heteroatoms. The number of nitrogen functional groups attached to an aromatic ring is 1. The molecule has 1 aliphatic rings. The number of nitrogens with one attached hydrogen (secondary N) is 1. The number of hydrogen-bond acceptors (Lipinski definition) is 3. The van der Waals surface area contributed by atoms with Gasteiger partial charge in [-0.15, -0.1) is 11.8 Å². The predicted octanol–water partition coefficient (Wildman–Crippen LogP) is 2.79. The van der Waals surface area contributed by atoms with Crippen LogP contribution in [0.5, 0.6) is 0 Å². The largest absolute Gasteiger partial charge is 0.398 e. The number of carbonyl (C=O) groups excluding carboxylic acids is 1. The van der Waals surface area contributed by atoms with Crippen LogP contribution >= 0.6 is 27.7 Å². The molecular formula is C12H15BrN2OS. The van der Waals surface area contributed by atoms with Gasteiger partial charge in [0.05, 0.1) is 0 Å². The molecule has 3 N–H and O–H groups in total. The number of benzene rings is 1. The zero-order chi connectivity index (χ0) is 12.3. The summed E-state index contributed by atoms with van der Waals surface area (Å²) in [5.41, 5.74) is 6.62. The summed E-state index contributed by atoms with van der Waals surface area (Å²) in [4.78, 5) is 12.5. The average Bonchev–Trinajstić information content (AvgIpc) is 3.07. The second kappa shape index (κ2) is 5.78. The Labute approximate surface area is 114 Å². The molecular weight excluding hydrogens is 300 g/mol. The molecule has 1 fully saturated rings. The Kier molecular flexibility index (Phi) is 4.34. The van der Waals surface area contributed by atoms with Crippen molar-refractivity contribution in [2.45, 2.75) is 30.2 Å². The van der Waals surface area contributed by atoms with E-state index in [1.54, 1.807) is 11.8 Å². The van der Waals surface area contributed by atoms with Crippen molar-refractivity contribution in [3.63, 3.8) is 0 Å². The lowest BCUT2D eigenvalue weighted by Gasteiger charge is -2.06. The van der Waals surface area contributed by atoms with E-state index in [4.69, 9.17) is 5.73 Å². The van der Waals surface area contributed by atoms with Crippen LogP contribution in [-0.2, 0) is 4.79 Å². The maximum atomic E-state index is 11.5. The highest BCUT2D eigenvalue weighted by Gasteiger charge is 2.22. The van der Waals surface area contributed by atoms with Gasteiger partial charge in [0.2, 0.25) is 5.91 Å². The molecule has 2 rings (SSSR count). The molecule has 0 saturated heterocycles. The van der Waals surface area contributed by atoms with Crippen LogP contribution in [0.4, 0.5) is 5.69 Å². The van der Waals surface area contributed by atoms with E-state index in [9.17, 15) is 4.79 Å². The Hall–Kier alpha value is -0.680. The molecule has 0 aromatic heterocycles. The molecule has 1 aliphatic carbocycles. The molecule has 1 aromatic rings. The minimum absolute atomic E-state index is 0.147. The molecule has 0 bridgehead atoms. The van der Waals surface area contributed by atoms with Crippen LogP contribution in [0, 0.1) is 0 Å². The molecule has 1 amide bonds. The van der Waals surface area contributed by atoms with Gasteiger partial charge in [0.1, 0.15) is 0 Å². The van der Waals surface area contributed by atoms with Crippen LogP contribution in [-0.4, -0.2) is 17.7 Å². The number of nitrogens with two attached hydrogens (primary N) is 1. The summed E-state index contributed by atoms with van der Waals surface area (Å²) in [5, 5.41) is 2.97. The smallest absolute Gasteiger partial charge is 0.221 e. The fourth-order valence-corrected chi connectivity index (χ4v) is 2.88. The summed E-state index contributed by atoms with van der Waals surface area (Å²) in [6.07, 6.45) is 2.82. The lowest BCUT2D eigenvalue weighted by molar-refractivity contribution is -0.120. The van der Waals surface area contributed by atoms with Gasteiger partial charge < -0.3 is 11.1 Å². The van der Waals surface area contributed by atoms with Gasteiger partial charge in [0, 0.05) is 33.3 Å². The quantitative estimate of drug-likeness (QED) is 0.649. The Morgan fingerprint density at radius 3 is 3.00 bits per heavy atom. The molecule has 0 atom stereocenters. The predicted molar refractivity (Wildman–Crippen MR) is 75.1 cm³/mol. The monoisotopic (exact) mass is 314 g/mol. The summed E-state index contributed by atoms with van der Waals surface area (Å²) in [6.45, 7) is 0. The Morgan fingerprint density at radius 1 is 1.53 bits per heavy atom. The van der Waals surface area contributed by atoms with Gasteiger partial charge in [0.25, 0.3) is 0 Å². The zero-order valence-electron chi connectivity index (χ0n) is 9.41. The van der Waals surface area contributed by atoms with Crippen molar-refractivity contribution in [1.29, 1.82) is 0 Å². The van der Waals surface area contributed by atoms with Gasteiger partial charge in [0.15, 0.2) is 0 Å². The first-order valence-corrected chi connectivity index (χ1v) is 7.40. The van der Waals surface area contributed by atoms with Gasteiger partial charge in [-0.05, 0) is 31.0 Å². The number of amides is 1. The maximum absolute atomic E-state index is 11.5. The van der Waals surface area contributed by atoms with Gasteiger partial charge in [-0.25, -0.2) is 0 Å². The van der Waals surface area contributed by atoms with E-state index in [1.165, 1.54) is 0 Å². The van der Waals surface area contributed by atoms with Crippen LogP contribution in [0.3, 0.4) is 0 Å². The molecule has 17 heavy (non-hydrogen) atoms. The van der Waals surface area contributed by atoms with Crippen molar-refractivity contribution in [3.8, 4) is 0 Å². The minimum atomic E-state index is 0.147. The lowest BCUT2D eigenvalue weighted by Crippen LogP contribution is -2.25. The van der Waals surface area contributed by atoms with Crippen molar-refractivity contribution in [3.05, 3.63) is 22.7 Å². The number of halogens is 1. The van der Waals surface area contributed by atoms with Crippen molar-refractivity contribution in [2.75, 3.05) is 11.5 Å². The minimum Gasteiger partial charge on any atom is -0.398 e. The molecule has 0 spiro atoms. The second-order valence-electron chi connectivity index (χ2n) is 4.12. The van der Waals surface area contributed by atoms with Gasteiger partial charge in [-0.3, -0.25) is 4.79 Å². The van der Waals surface area contributed by atoms with E-state index in [0.29, 0.717) is 12.5 Å². The molecule has 0 aliphatic heterocycles. The number of carbonyl (C=O) groups is 1. The summed E-state index contributed by atoms with van der Waals surface area (Å²) >= 11 is 5.03. The highest BCUT2D eigenvalue weighted by molar-refractivity contribution is 9.10. The van der Waals surface area contributed by atoms with Crippen molar-refractivity contribution in [2.24, 2.45) is 0 Å². The van der Waals surface area contributed by atoms with E-state index in [0.717, 1.165) is 33.7 Å². The summed E-state index contributed by atoms with van der Waals surface area (Å²) in [7, 11) is 0. The fourth-order valence-electron chi connectivity index (χ4n) is 1.41. The number of thioether (sulfide) groups is 1. The summed E-state index contributed by atoms with van der Waals surface area (Å²) in [6, 6.07) is 6.22. The van der Waals surface area contributed by atoms with E-state index in [1.807, 2.05) is 18.2 Å². The normalized spacial score (nSPS) is 14.6. The van der Waals surface area contributed by atoms with E-state index < -0.39 is 0 Å². The van der Waals surface area contributed by atoms with Crippen LogP contribution < -0.4 is 11.1 Å². The highest BCUT2D eigenvalue weighted by atomic mass is 79.9. The molecule has 0 heterocycles. The van der Waals surface area contributed by atoms with E-state index >= 15 is 0 Å². The molecule has 0 radical (unpaired) electrons. The highest BCUT2D eigenvalue weighted by Crippen LogP contribution is 2.28. The average molecular weight is 315 g/mol.